The molecule has 1 heterocycles. The quantitative estimate of drug-likeness (QED) is 0.636. The molecule has 1 amide bonds. The van der Waals surface area contributed by atoms with Crippen LogP contribution >= 0.6 is 0 Å². The summed E-state index contributed by atoms with van der Waals surface area (Å²) in [5.74, 6) is 0.0185. The monoisotopic (exact) mass is 434 g/mol. The number of hydrogen-bond acceptors (Lipinski definition) is 3. The lowest BCUT2D eigenvalue weighted by Crippen LogP contribution is -2.38. The number of sulfonamides is 1. The highest BCUT2D eigenvalue weighted by molar-refractivity contribution is 7.89. The van der Waals surface area contributed by atoms with Gasteiger partial charge in [-0.3, -0.25) is 4.79 Å². The third-order valence-electron chi connectivity index (χ3n) is 5.77. The van der Waals surface area contributed by atoms with E-state index in [-0.39, 0.29) is 24.2 Å². The maximum absolute atomic E-state index is 13.5. The van der Waals surface area contributed by atoms with Gasteiger partial charge in [-0.2, -0.15) is 0 Å². The van der Waals surface area contributed by atoms with E-state index in [4.69, 9.17) is 0 Å². The zero-order valence-corrected chi connectivity index (χ0v) is 18.3. The fourth-order valence-electron chi connectivity index (χ4n) is 3.94. The van der Waals surface area contributed by atoms with Crippen LogP contribution in [0.25, 0.3) is 0 Å². The van der Waals surface area contributed by atoms with E-state index in [9.17, 15) is 13.2 Å². The smallest absolute Gasteiger partial charge is 0.254 e. The zero-order chi connectivity index (χ0) is 21.8. The molecule has 0 spiro atoms. The molecule has 160 valence electrons. The SMILES string of the molecule is CCS(=O)(=O)NCc1ccc(C(=O)N2Cc3ccccc3CC2c2ccccc2)cc1. The Labute approximate surface area is 183 Å². The van der Waals surface area contributed by atoms with Crippen LogP contribution in [0.3, 0.4) is 0 Å². The Morgan fingerprint density at radius 1 is 0.935 bits per heavy atom. The van der Waals surface area contributed by atoms with Crippen molar-refractivity contribution in [1.29, 1.82) is 0 Å². The van der Waals surface area contributed by atoms with Gasteiger partial charge in [0.2, 0.25) is 10.0 Å². The second-order valence-electron chi connectivity index (χ2n) is 7.75. The first-order valence-electron chi connectivity index (χ1n) is 10.5. The minimum atomic E-state index is -3.25. The average Bonchev–Trinajstić information content (AvgIpc) is 2.82. The molecule has 0 saturated heterocycles. The third-order valence-corrected chi connectivity index (χ3v) is 7.12. The van der Waals surface area contributed by atoms with Crippen molar-refractivity contribution in [3.8, 4) is 0 Å². The molecule has 5 nitrogen and oxygen atoms in total. The van der Waals surface area contributed by atoms with Gasteiger partial charge in [0.15, 0.2) is 0 Å². The van der Waals surface area contributed by atoms with Crippen LogP contribution in [0.15, 0.2) is 78.9 Å². The minimum absolute atomic E-state index is 0.0240. The number of carbonyl (C=O) groups is 1. The molecule has 0 aliphatic carbocycles. The number of rotatable bonds is 6. The van der Waals surface area contributed by atoms with Crippen LogP contribution in [0.4, 0.5) is 0 Å². The average molecular weight is 435 g/mol. The molecule has 6 heteroatoms. The van der Waals surface area contributed by atoms with Gasteiger partial charge < -0.3 is 4.90 Å². The molecule has 1 atom stereocenters. The summed E-state index contributed by atoms with van der Waals surface area (Å²) >= 11 is 0. The molecule has 1 N–H and O–H groups in total. The fraction of sp³-hybridized carbons (Fsp3) is 0.240. The van der Waals surface area contributed by atoms with Gasteiger partial charge in [-0.1, -0.05) is 66.7 Å². The highest BCUT2D eigenvalue weighted by Gasteiger charge is 2.31. The molecule has 3 aromatic rings. The van der Waals surface area contributed by atoms with Crippen molar-refractivity contribution in [3.63, 3.8) is 0 Å². The van der Waals surface area contributed by atoms with E-state index in [1.54, 1.807) is 31.2 Å². The van der Waals surface area contributed by atoms with Gasteiger partial charge in [-0.25, -0.2) is 13.1 Å². The van der Waals surface area contributed by atoms with E-state index >= 15 is 0 Å². The number of nitrogens with one attached hydrogen (secondary N) is 1. The van der Waals surface area contributed by atoms with E-state index in [1.165, 1.54) is 11.1 Å². The summed E-state index contributed by atoms with van der Waals surface area (Å²) in [6.45, 7) is 2.38. The largest absolute Gasteiger partial charge is 0.327 e. The Kier molecular flexibility index (Phi) is 6.20. The molecular formula is C25H26N2O3S. The zero-order valence-electron chi connectivity index (χ0n) is 17.5. The lowest BCUT2D eigenvalue weighted by atomic mass is 9.89. The van der Waals surface area contributed by atoms with Gasteiger partial charge in [0.05, 0.1) is 11.8 Å². The Balaban J connectivity index is 1.58. The Bertz CT molecular complexity index is 1160. The van der Waals surface area contributed by atoms with Gasteiger partial charge in [-0.15, -0.1) is 0 Å². The molecule has 1 aliphatic rings. The third kappa shape index (κ3) is 4.86. The highest BCUT2D eigenvalue weighted by Crippen LogP contribution is 2.34. The van der Waals surface area contributed by atoms with Crippen molar-refractivity contribution in [2.24, 2.45) is 0 Å². The van der Waals surface area contributed by atoms with Gasteiger partial charge in [0.25, 0.3) is 5.91 Å². The molecule has 1 aliphatic heterocycles. The first-order valence-corrected chi connectivity index (χ1v) is 12.1. The fourth-order valence-corrected chi connectivity index (χ4v) is 4.53. The van der Waals surface area contributed by atoms with Crippen LogP contribution < -0.4 is 4.72 Å². The van der Waals surface area contributed by atoms with Crippen molar-refractivity contribution in [3.05, 3.63) is 107 Å². The summed E-state index contributed by atoms with van der Waals surface area (Å²) in [5.41, 5.74) is 4.99. The van der Waals surface area contributed by atoms with Crippen molar-refractivity contribution in [2.75, 3.05) is 5.75 Å². The molecule has 31 heavy (non-hydrogen) atoms. The Morgan fingerprint density at radius 3 is 2.26 bits per heavy atom. The lowest BCUT2D eigenvalue weighted by molar-refractivity contribution is 0.0638. The van der Waals surface area contributed by atoms with Crippen LogP contribution in [0.2, 0.25) is 0 Å². The van der Waals surface area contributed by atoms with Crippen LogP contribution in [-0.4, -0.2) is 25.0 Å². The molecular weight excluding hydrogens is 408 g/mol. The standard InChI is InChI=1S/C25H26N2O3S/c1-2-31(29,30)26-17-19-12-14-21(15-13-19)25(28)27-18-23-11-7-6-10-22(23)16-24(27)20-8-4-3-5-9-20/h3-15,24,26H,2,16-18H2,1H3. The highest BCUT2D eigenvalue weighted by atomic mass is 32.2. The molecule has 0 radical (unpaired) electrons. The predicted octanol–water partition coefficient (Wildman–Crippen LogP) is 4.07. The van der Waals surface area contributed by atoms with Gasteiger partial charge in [-0.05, 0) is 47.7 Å². The van der Waals surface area contributed by atoms with Crippen molar-refractivity contribution >= 4 is 15.9 Å². The van der Waals surface area contributed by atoms with E-state index < -0.39 is 10.0 Å². The minimum Gasteiger partial charge on any atom is -0.327 e. The summed E-state index contributed by atoms with van der Waals surface area (Å²) in [6, 6.07) is 25.6. The molecule has 4 rings (SSSR count). The maximum Gasteiger partial charge on any atom is 0.254 e. The molecule has 0 saturated carbocycles. The number of fused-ring (bicyclic) bond motifs is 1. The lowest BCUT2D eigenvalue weighted by Gasteiger charge is -2.37. The van der Waals surface area contributed by atoms with E-state index in [0.717, 1.165) is 17.5 Å². The summed E-state index contributed by atoms with van der Waals surface area (Å²) in [5, 5.41) is 0. The molecule has 1 unspecified atom stereocenters. The van der Waals surface area contributed by atoms with Crippen LogP contribution in [0, 0.1) is 0 Å². The summed E-state index contributed by atoms with van der Waals surface area (Å²) in [6.07, 6.45) is 0.781. The van der Waals surface area contributed by atoms with Crippen LogP contribution in [-0.2, 0) is 29.5 Å². The molecule has 0 bridgehead atoms. The van der Waals surface area contributed by atoms with E-state index in [0.29, 0.717) is 12.1 Å². The maximum atomic E-state index is 13.5. The molecule has 0 fully saturated rings. The van der Waals surface area contributed by atoms with Gasteiger partial charge >= 0.3 is 0 Å². The number of amides is 1. The first-order chi connectivity index (χ1) is 15.0. The Morgan fingerprint density at radius 2 is 1.58 bits per heavy atom. The van der Waals surface area contributed by atoms with E-state index in [2.05, 4.69) is 29.0 Å². The number of hydrogen-bond donors (Lipinski definition) is 1. The number of carbonyl (C=O) groups excluding carboxylic acids is 1. The summed E-state index contributed by atoms with van der Waals surface area (Å²) < 4.78 is 25.9. The van der Waals surface area contributed by atoms with Gasteiger partial charge in [0.1, 0.15) is 0 Å². The number of benzene rings is 3. The predicted molar refractivity (Wildman–Crippen MR) is 122 cm³/mol. The van der Waals surface area contributed by atoms with E-state index in [1.807, 2.05) is 35.2 Å². The molecule has 3 aromatic carbocycles. The van der Waals surface area contributed by atoms with Crippen LogP contribution in [0.5, 0.6) is 0 Å². The Hall–Kier alpha value is -2.96. The van der Waals surface area contributed by atoms with Crippen LogP contribution in [0.1, 0.15) is 45.6 Å². The van der Waals surface area contributed by atoms with Crippen molar-refractivity contribution in [2.45, 2.75) is 32.5 Å². The topological polar surface area (TPSA) is 66.5 Å². The van der Waals surface area contributed by atoms with Crippen molar-refractivity contribution in [1.82, 2.24) is 9.62 Å². The second kappa shape index (κ2) is 9.04. The number of nitrogens with zero attached hydrogens (tertiary/aromatic N) is 1. The molecule has 0 aromatic heterocycles. The van der Waals surface area contributed by atoms with Crippen molar-refractivity contribution < 1.29 is 13.2 Å². The normalized spacial score (nSPS) is 16.0. The summed E-state index contributed by atoms with van der Waals surface area (Å²) in [4.78, 5) is 15.4. The van der Waals surface area contributed by atoms with Gasteiger partial charge in [0, 0.05) is 18.7 Å². The summed E-state index contributed by atoms with van der Waals surface area (Å²) in [7, 11) is -3.25. The first kappa shape index (κ1) is 21.3. The second-order valence-corrected chi connectivity index (χ2v) is 9.85.